The van der Waals surface area contributed by atoms with Crippen LogP contribution in [0.1, 0.15) is 17.5 Å². The van der Waals surface area contributed by atoms with Gasteiger partial charge in [0, 0.05) is 13.6 Å². The van der Waals surface area contributed by atoms with Crippen LogP contribution in [0.2, 0.25) is 0 Å². The maximum Gasteiger partial charge on any atom is 0.243 e. The van der Waals surface area contributed by atoms with Crippen molar-refractivity contribution >= 4 is 21.6 Å². The summed E-state index contributed by atoms with van der Waals surface area (Å²) in [5.74, 6) is -0.263. The summed E-state index contributed by atoms with van der Waals surface area (Å²) in [6.45, 7) is 2.16. The number of rotatable bonds is 5. The lowest BCUT2D eigenvalue weighted by Crippen LogP contribution is -2.43. The average molecular weight is 406 g/mol. The molecule has 1 aliphatic rings. The van der Waals surface area contributed by atoms with Crippen molar-refractivity contribution in [2.75, 3.05) is 32.1 Å². The Kier molecular flexibility index (Phi) is 5.71. The van der Waals surface area contributed by atoms with Crippen LogP contribution in [-0.2, 0) is 21.2 Å². The number of fused-ring (bicyclic) bond motifs is 1. The van der Waals surface area contributed by atoms with Crippen molar-refractivity contribution in [1.82, 2.24) is 4.31 Å². The zero-order chi connectivity index (χ0) is 20.5. The van der Waals surface area contributed by atoms with E-state index in [-0.39, 0.29) is 17.3 Å². The molecule has 28 heavy (non-hydrogen) atoms. The number of hydrogen-bond donors (Lipinski definition) is 0. The minimum atomic E-state index is -3.90. The maximum atomic E-state index is 13.1. The molecule has 0 atom stereocenters. The fraction of sp³-hybridized carbons (Fsp3) is 0.350. The van der Waals surface area contributed by atoms with Crippen LogP contribution >= 0.6 is 0 Å². The van der Waals surface area contributed by atoms with Crippen molar-refractivity contribution < 1.29 is 22.3 Å². The molecule has 1 aliphatic heterocycles. The number of hydrogen-bond acceptors (Lipinski definition) is 4. The molecule has 0 aromatic heterocycles. The number of nitrogens with zero attached hydrogens (tertiary/aromatic N) is 2. The molecule has 8 heteroatoms. The number of amides is 1. The first-order valence-electron chi connectivity index (χ1n) is 8.94. The number of methoxy groups -OCH3 is 1. The first-order chi connectivity index (χ1) is 13.3. The Morgan fingerprint density at radius 3 is 2.54 bits per heavy atom. The highest BCUT2D eigenvalue weighted by atomic mass is 32.2. The number of anilines is 1. The monoisotopic (exact) mass is 406 g/mol. The van der Waals surface area contributed by atoms with Gasteiger partial charge in [0.05, 0.1) is 24.2 Å². The normalized spacial score (nSPS) is 14.1. The van der Waals surface area contributed by atoms with E-state index in [1.165, 1.54) is 19.2 Å². The fourth-order valence-corrected chi connectivity index (χ4v) is 4.53. The van der Waals surface area contributed by atoms with Gasteiger partial charge in [-0.15, -0.1) is 0 Å². The molecule has 0 radical (unpaired) electrons. The molecule has 2 aromatic carbocycles. The predicted octanol–water partition coefficient (Wildman–Crippen LogP) is 2.74. The van der Waals surface area contributed by atoms with E-state index in [2.05, 4.69) is 0 Å². The van der Waals surface area contributed by atoms with Gasteiger partial charge in [0.25, 0.3) is 0 Å². The molecule has 2 aromatic rings. The third-order valence-electron chi connectivity index (χ3n) is 4.96. The van der Waals surface area contributed by atoms with Crippen LogP contribution in [0.4, 0.5) is 10.1 Å². The van der Waals surface area contributed by atoms with Crippen LogP contribution in [-0.4, -0.2) is 45.9 Å². The molecule has 0 bridgehead atoms. The largest absolute Gasteiger partial charge is 0.495 e. The number of carbonyl (C=O) groups excluding carboxylic acids is 1. The van der Waals surface area contributed by atoms with Crippen LogP contribution in [0.15, 0.2) is 41.3 Å². The van der Waals surface area contributed by atoms with Gasteiger partial charge < -0.3 is 9.64 Å². The Bertz CT molecular complexity index is 990. The van der Waals surface area contributed by atoms with E-state index < -0.39 is 15.8 Å². The first-order valence-corrected chi connectivity index (χ1v) is 10.4. The second kappa shape index (κ2) is 7.89. The number of halogens is 1. The summed E-state index contributed by atoms with van der Waals surface area (Å²) in [6.07, 6.45) is 1.63. The van der Waals surface area contributed by atoms with E-state index >= 15 is 0 Å². The van der Waals surface area contributed by atoms with Gasteiger partial charge in [-0.3, -0.25) is 4.79 Å². The van der Waals surface area contributed by atoms with Crippen LogP contribution in [0.25, 0.3) is 0 Å². The van der Waals surface area contributed by atoms with Gasteiger partial charge in [0.1, 0.15) is 11.6 Å². The molecule has 0 fully saturated rings. The smallest absolute Gasteiger partial charge is 0.243 e. The number of ether oxygens (including phenoxy) is 1. The summed E-state index contributed by atoms with van der Waals surface area (Å²) in [7, 11) is -1.01. The summed E-state index contributed by atoms with van der Waals surface area (Å²) >= 11 is 0. The van der Waals surface area contributed by atoms with E-state index in [0.717, 1.165) is 40.4 Å². The standard InChI is InChI=1S/C20H23FN2O4S/c1-14-6-11-18(27-3)20-17(14)5-4-12-23(20)19(24)13-22(2)28(25,26)16-9-7-15(21)8-10-16/h6-11H,4-5,12-13H2,1-3H3. The molecule has 6 nitrogen and oxygen atoms in total. The summed E-state index contributed by atoms with van der Waals surface area (Å²) in [4.78, 5) is 14.5. The van der Waals surface area contributed by atoms with Gasteiger partial charge >= 0.3 is 0 Å². The molecule has 1 amide bonds. The third kappa shape index (κ3) is 3.74. The van der Waals surface area contributed by atoms with Crippen LogP contribution in [0, 0.1) is 12.7 Å². The molecule has 1 heterocycles. The quantitative estimate of drug-likeness (QED) is 0.766. The molecule has 0 aliphatic carbocycles. The van der Waals surface area contributed by atoms with Crippen molar-refractivity contribution in [2.24, 2.45) is 0 Å². The van der Waals surface area contributed by atoms with E-state index in [9.17, 15) is 17.6 Å². The Morgan fingerprint density at radius 2 is 1.89 bits per heavy atom. The Morgan fingerprint density at radius 1 is 1.21 bits per heavy atom. The van der Waals surface area contributed by atoms with Crippen molar-refractivity contribution in [2.45, 2.75) is 24.7 Å². The van der Waals surface area contributed by atoms with Gasteiger partial charge in [-0.1, -0.05) is 6.07 Å². The fourth-order valence-electron chi connectivity index (χ4n) is 3.41. The number of aryl methyl sites for hydroxylation is 1. The zero-order valence-corrected chi connectivity index (χ0v) is 16.9. The molecule has 0 N–H and O–H groups in total. The van der Waals surface area contributed by atoms with E-state index in [1.807, 2.05) is 19.1 Å². The second-order valence-electron chi connectivity index (χ2n) is 6.78. The Labute approximate surface area is 164 Å². The van der Waals surface area contributed by atoms with Crippen LogP contribution in [0.5, 0.6) is 5.75 Å². The van der Waals surface area contributed by atoms with E-state index in [4.69, 9.17) is 4.74 Å². The molecule has 0 saturated carbocycles. The maximum absolute atomic E-state index is 13.1. The molecule has 150 valence electrons. The second-order valence-corrected chi connectivity index (χ2v) is 8.82. The average Bonchev–Trinajstić information content (AvgIpc) is 2.68. The van der Waals surface area contributed by atoms with Gasteiger partial charge in [-0.2, -0.15) is 4.31 Å². The van der Waals surface area contributed by atoms with Crippen molar-refractivity contribution in [3.8, 4) is 5.75 Å². The summed E-state index contributed by atoms with van der Waals surface area (Å²) in [5.41, 5.74) is 2.83. The zero-order valence-electron chi connectivity index (χ0n) is 16.1. The molecular formula is C20H23FN2O4S. The first kappa shape index (κ1) is 20.3. The van der Waals surface area contributed by atoms with Crippen molar-refractivity contribution in [3.63, 3.8) is 0 Å². The predicted molar refractivity (Wildman–Crippen MR) is 105 cm³/mol. The molecule has 0 saturated heterocycles. The van der Waals surface area contributed by atoms with E-state index in [0.29, 0.717) is 18.0 Å². The highest BCUT2D eigenvalue weighted by Gasteiger charge is 2.30. The lowest BCUT2D eigenvalue weighted by atomic mass is 9.96. The van der Waals surface area contributed by atoms with Crippen molar-refractivity contribution in [1.29, 1.82) is 0 Å². The minimum absolute atomic E-state index is 0.0586. The molecular weight excluding hydrogens is 383 g/mol. The van der Waals surface area contributed by atoms with Gasteiger partial charge in [-0.05, 0) is 61.2 Å². The van der Waals surface area contributed by atoms with Gasteiger partial charge in [-0.25, -0.2) is 12.8 Å². The molecule has 3 rings (SSSR count). The summed E-state index contributed by atoms with van der Waals surface area (Å²) in [5, 5.41) is 0. The number of benzene rings is 2. The molecule has 0 spiro atoms. The Hall–Kier alpha value is -2.45. The summed E-state index contributed by atoms with van der Waals surface area (Å²) < 4.78 is 44.9. The lowest BCUT2D eigenvalue weighted by molar-refractivity contribution is -0.118. The number of carbonyl (C=O) groups is 1. The summed E-state index contributed by atoms with van der Waals surface area (Å²) in [6, 6.07) is 8.31. The SMILES string of the molecule is COc1ccc(C)c2c1N(C(=O)CN(C)S(=O)(=O)c1ccc(F)cc1)CCC2. The number of sulfonamides is 1. The highest BCUT2D eigenvalue weighted by molar-refractivity contribution is 7.89. The highest BCUT2D eigenvalue weighted by Crippen LogP contribution is 2.38. The van der Waals surface area contributed by atoms with Gasteiger partial charge in [0.15, 0.2) is 0 Å². The van der Waals surface area contributed by atoms with E-state index in [1.54, 1.807) is 12.0 Å². The topological polar surface area (TPSA) is 66.9 Å². The Balaban J connectivity index is 1.86. The van der Waals surface area contributed by atoms with Gasteiger partial charge in [0.2, 0.25) is 15.9 Å². The lowest BCUT2D eigenvalue weighted by Gasteiger charge is -2.33. The minimum Gasteiger partial charge on any atom is -0.495 e. The van der Waals surface area contributed by atoms with Crippen molar-refractivity contribution in [3.05, 3.63) is 53.3 Å². The van der Waals surface area contributed by atoms with Crippen LogP contribution in [0.3, 0.4) is 0 Å². The third-order valence-corrected chi connectivity index (χ3v) is 6.78. The molecule has 0 unspecified atom stereocenters. The van der Waals surface area contributed by atoms with Crippen LogP contribution < -0.4 is 9.64 Å². The number of likely N-dealkylation sites (N-methyl/N-ethyl adjacent to an activating group) is 1.